The van der Waals surface area contributed by atoms with E-state index in [9.17, 15) is 4.79 Å². The summed E-state index contributed by atoms with van der Waals surface area (Å²) in [5.74, 6) is 0.502. The molecule has 0 aliphatic rings. The molecular weight excluding hydrogens is 280 g/mol. The standard InChI is InChI=1S/C12H10N4OS2/c13-12-14-5-10(19-12)18-6-9-11(17)16-8-4-2-1-3-7(8)15-9/h1-5H,6H2,(H2,13,14)(H,16,17). The van der Waals surface area contributed by atoms with Crippen LogP contribution in [-0.2, 0) is 5.75 Å². The Morgan fingerprint density at radius 2 is 2.21 bits per heavy atom. The average Bonchev–Trinajstić information content (AvgIpc) is 2.82. The molecule has 0 saturated heterocycles. The maximum atomic E-state index is 11.9. The van der Waals surface area contributed by atoms with Gasteiger partial charge in [-0.2, -0.15) is 0 Å². The molecule has 0 amide bonds. The van der Waals surface area contributed by atoms with Gasteiger partial charge >= 0.3 is 0 Å². The number of aromatic amines is 1. The minimum absolute atomic E-state index is 0.149. The molecule has 0 spiro atoms. The van der Waals surface area contributed by atoms with Crippen LogP contribution in [0.15, 0.2) is 39.5 Å². The number of nitrogens with one attached hydrogen (secondary N) is 1. The topological polar surface area (TPSA) is 84.7 Å². The Kier molecular flexibility index (Phi) is 3.22. The lowest BCUT2D eigenvalue weighted by molar-refractivity contribution is 1.10. The van der Waals surface area contributed by atoms with E-state index >= 15 is 0 Å². The summed E-state index contributed by atoms with van der Waals surface area (Å²) in [5.41, 5.74) is 7.47. The van der Waals surface area contributed by atoms with Gasteiger partial charge in [-0.25, -0.2) is 9.97 Å². The van der Waals surface area contributed by atoms with Crippen molar-refractivity contribution in [2.45, 2.75) is 9.96 Å². The molecule has 1 aromatic carbocycles. The predicted molar refractivity (Wildman–Crippen MR) is 78.5 cm³/mol. The zero-order chi connectivity index (χ0) is 13.2. The Morgan fingerprint density at radius 1 is 1.37 bits per heavy atom. The highest BCUT2D eigenvalue weighted by atomic mass is 32.2. The Labute approximate surface area is 116 Å². The summed E-state index contributed by atoms with van der Waals surface area (Å²) >= 11 is 2.92. The van der Waals surface area contributed by atoms with Gasteiger partial charge in [0.2, 0.25) is 0 Å². The second kappa shape index (κ2) is 5.02. The third kappa shape index (κ3) is 2.61. The first-order valence-electron chi connectivity index (χ1n) is 5.54. The van der Waals surface area contributed by atoms with E-state index in [-0.39, 0.29) is 5.56 Å². The van der Waals surface area contributed by atoms with Gasteiger partial charge in [0.25, 0.3) is 5.56 Å². The maximum absolute atomic E-state index is 11.9. The molecule has 7 heteroatoms. The van der Waals surface area contributed by atoms with E-state index in [1.165, 1.54) is 23.1 Å². The number of anilines is 1. The fourth-order valence-corrected chi connectivity index (χ4v) is 3.33. The van der Waals surface area contributed by atoms with Gasteiger partial charge in [-0.05, 0) is 12.1 Å². The number of thioether (sulfide) groups is 1. The fraction of sp³-hybridized carbons (Fsp3) is 0.0833. The lowest BCUT2D eigenvalue weighted by Gasteiger charge is -2.01. The molecule has 0 fully saturated rings. The van der Waals surface area contributed by atoms with Crippen molar-refractivity contribution >= 4 is 39.3 Å². The summed E-state index contributed by atoms with van der Waals surface area (Å²) in [4.78, 5) is 23.1. The molecule has 0 bridgehead atoms. The number of hydrogen-bond acceptors (Lipinski definition) is 6. The Bertz CT molecular complexity index is 780. The van der Waals surface area contributed by atoms with Crippen LogP contribution >= 0.6 is 23.1 Å². The van der Waals surface area contributed by atoms with E-state index in [2.05, 4.69) is 15.0 Å². The predicted octanol–water partition coefficient (Wildman–Crippen LogP) is 2.25. The molecular formula is C12H10N4OS2. The van der Waals surface area contributed by atoms with Crippen molar-refractivity contribution in [2.24, 2.45) is 0 Å². The van der Waals surface area contributed by atoms with Gasteiger partial charge in [-0.1, -0.05) is 23.5 Å². The number of thiazole rings is 1. The molecule has 0 saturated carbocycles. The number of aromatic nitrogens is 3. The number of hydrogen-bond donors (Lipinski definition) is 2. The monoisotopic (exact) mass is 290 g/mol. The smallest absolute Gasteiger partial charge is 0.271 e. The average molecular weight is 290 g/mol. The SMILES string of the molecule is Nc1ncc(SCc2nc3ccccc3[nH]c2=O)s1. The number of nitrogens with two attached hydrogens (primary N) is 1. The van der Waals surface area contributed by atoms with Crippen molar-refractivity contribution < 1.29 is 0 Å². The van der Waals surface area contributed by atoms with Crippen LogP contribution in [0.4, 0.5) is 5.13 Å². The first kappa shape index (κ1) is 12.2. The minimum Gasteiger partial charge on any atom is -0.375 e. The van der Waals surface area contributed by atoms with E-state index in [0.717, 1.165) is 15.2 Å². The molecule has 2 heterocycles. The molecule has 3 N–H and O–H groups in total. The van der Waals surface area contributed by atoms with E-state index in [1.807, 2.05) is 24.3 Å². The summed E-state index contributed by atoms with van der Waals surface area (Å²) in [6, 6.07) is 7.48. The summed E-state index contributed by atoms with van der Waals surface area (Å²) < 4.78 is 0.979. The molecule has 0 aliphatic heterocycles. The third-order valence-electron chi connectivity index (χ3n) is 2.52. The van der Waals surface area contributed by atoms with Crippen molar-refractivity contribution in [2.75, 3.05) is 5.73 Å². The van der Waals surface area contributed by atoms with Crippen LogP contribution in [-0.4, -0.2) is 15.0 Å². The van der Waals surface area contributed by atoms with Crippen LogP contribution in [0.5, 0.6) is 0 Å². The molecule has 5 nitrogen and oxygen atoms in total. The van der Waals surface area contributed by atoms with Gasteiger partial charge in [-0.3, -0.25) is 4.79 Å². The van der Waals surface area contributed by atoms with Crippen LogP contribution in [0.3, 0.4) is 0 Å². The van der Waals surface area contributed by atoms with Gasteiger partial charge in [0, 0.05) is 5.75 Å². The third-order valence-corrected chi connectivity index (χ3v) is 4.56. The molecule has 0 aliphatic carbocycles. The van der Waals surface area contributed by atoms with Crippen LogP contribution in [0.25, 0.3) is 11.0 Å². The lowest BCUT2D eigenvalue weighted by Crippen LogP contribution is -2.14. The Balaban J connectivity index is 1.88. The van der Waals surface area contributed by atoms with E-state index < -0.39 is 0 Å². The maximum Gasteiger partial charge on any atom is 0.271 e. The summed E-state index contributed by atoms with van der Waals surface area (Å²) in [6.45, 7) is 0. The van der Waals surface area contributed by atoms with Gasteiger partial charge in [0.15, 0.2) is 5.13 Å². The normalized spacial score (nSPS) is 10.9. The molecule has 0 unspecified atom stereocenters. The summed E-state index contributed by atoms with van der Waals surface area (Å²) in [5, 5.41) is 0.530. The van der Waals surface area contributed by atoms with Crippen molar-refractivity contribution in [3.8, 4) is 0 Å². The van der Waals surface area contributed by atoms with Crippen LogP contribution in [0.1, 0.15) is 5.69 Å². The number of nitrogen functional groups attached to an aromatic ring is 1. The molecule has 0 atom stereocenters. The Morgan fingerprint density at radius 3 is 3.00 bits per heavy atom. The largest absolute Gasteiger partial charge is 0.375 e. The lowest BCUT2D eigenvalue weighted by atomic mass is 10.3. The first-order valence-corrected chi connectivity index (χ1v) is 7.34. The van der Waals surface area contributed by atoms with Gasteiger partial charge in [0.05, 0.1) is 21.4 Å². The van der Waals surface area contributed by atoms with Gasteiger partial charge in [0.1, 0.15) is 5.69 Å². The summed E-state index contributed by atoms with van der Waals surface area (Å²) in [7, 11) is 0. The second-order valence-electron chi connectivity index (χ2n) is 3.84. The van der Waals surface area contributed by atoms with E-state index in [1.54, 1.807) is 6.20 Å². The van der Waals surface area contributed by atoms with Crippen LogP contribution in [0.2, 0.25) is 0 Å². The molecule has 2 aromatic heterocycles. The quantitative estimate of drug-likeness (QED) is 0.723. The molecule has 3 aromatic rings. The van der Waals surface area contributed by atoms with E-state index in [4.69, 9.17) is 5.73 Å². The van der Waals surface area contributed by atoms with Crippen molar-refractivity contribution in [3.63, 3.8) is 0 Å². The van der Waals surface area contributed by atoms with Crippen molar-refractivity contribution in [1.82, 2.24) is 15.0 Å². The van der Waals surface area contributed by atoms with Gasteiger partial charge in [-0.15, -0.1) is 11.8 Å². The Hall–Kier alpha value is -1.86. The summed E-state index contributed by atoms with van der Waals surface area (Å²) in [6.07, 6.45) is 1.71. The highest BCUT2D eigenvalue weighted by Gasteiger charge is 2.06. The van der Waals surface area contributed by atoms with E-state index in [0.29, 0.717) is 16.6 Å². The zero-order valence-corrected chi connectivity index (χ0v) is 11.4. The number of H-pyrrole nitrogens is 1. The second-order valence-corrected chi connectivity index (χ2v) is 6.17. The van der Waals surface area contributed by atoms with Crippen LogP contribution in [0, 0.1) is 0 Å². The number of rotatable bonds is 3. The number of para-hydroxylation sites is 2. The minimum atomic E-state index is -0.149. The molecule has 0 radical (unpaired) electrons. The highest BCUT2D eigenvalue weighted by Crippen LogP contribution is 2.28. The first-order chi connectivity index (χ1) is 9.22. The number of nitrogens with zero attached hydrogens (tertiary/aromatic N) is 2. The fourth-order valence-electron chi connectivity index (χ4n) is 1.64. The molecule has 96 valence electrons. The van der Waals surface area contributed by atoms with Crippen molar-refractivity contribution in [1.29, 1.82) is 0 Å². The number of fused-ring (bicyclic) bond motifs is 1. The number of benzene rings is 1. The zero-order valence-electron chi connectivity index (χ0n) is 9.79. The van der Waals surface area contributed by atoms with Crippen molar-refractivity contribution in [3.05, 3.63) is 46.5 Å². The van der Waals surface area contributed by atoms with Crippen LogP contribution < -0.4 is 11.3 Å². The molecule has 19 heavy (non-hydrogen) atoms. The molecule has 3 rings (SSSR count). The van der Waals surface area contributed by atoms with Gasteiger partial charge < -0.3 is 10.7 Å². The highest BCUT2D eigenvalue weighted by molar-refractivity contribution is 8.00.